The van der Waals surface area contributed by atoms with Gasteiger partial charge in [-0.15, -0.1) is 10.2 Å². The fourth-order valence-corrected chi connectivity index (χ4v) is 2.93. The van der Waals surface area contributed by atoms with Gasteiger partial charge in [-0.05, 0) is 24.6 Å². The number of halogens is 1. The summed E-state index contributed by atoms with van der Waals surface area (Å²) in [4.78, 5) is 4.38. The normalized spacial score (nSPS) is 11.0. The standard InChI is InChI=1S/C14H13ClN4OS/c1-9-11(15)4-3-5-12(9)19-7-6-16-14(19)21-8-13-18-17-10(2)20-13/h3-7H,8H2,1-2H3. The summed E-state index contributed by atoms with van der Waals surface area (Å²) < 4.78 is 7.38. The molecule has 3 rings (SSSR count). The van der Waals surface area contributed by atoms with Crippen molar-refractivity contribution in [2.24, 2.45) is 0 Å². The summed E-state index contributed by atoms with van der Waals surface area (Å²) in [5.74, 6) is 1.74. The van der Waals surface area contributed by atoms with Crippen LogP contribution in [0, 0.1) is 13.8 Å². The van der Waals surface area contributed by atoms with Gasteiger partial charge in [0.05, 0.1) is 11.4 Å². The Bertz CT molecular complexity index is 768. The van der Waals surface area contributed by atoms with Crippen LogP contribution < -0.4 is 0 Å². The largest absolute Gasteiger partial charge is 0.425 e. The van der Waals surface area contributed by atoms with Crippen molar-refractivity contribution in [2.75, 3.05) is 0 Å². The molecular weight excluding hydrogens is 308 g/mol. The van der Waals surface area contributed by atoms with Gasteiger partial charge in [-0.25, -0.2) is 4.98 Å². The summed E-state index contributed by atoms with van der Waals surface area (Å²) in [6, 6.07) is 5.83. The van der Waals surface area contributed by atoms with Crippen LogP contribution in [0.25, 0.3) is 5.69 Å². The number of aryl methyl sites for hydroxylation is 1. The Morgan fingerprint density at radius 3 is 2.90 bits per heavy atom. The Morgan fingerprint density at radius 1 is 1.29 bits per heavy atom. The van der Waals surface area contributed by atoms with E-state index < -0.39 is 0 Å². The molecule has 0 spiro atoms. The molecule has 2 heterocycles. The highest BCUT2D eigenvalue weighted by Crippen LogP contribution is 2.27. The third-order valence-electron chi connectivity index (χ3n) is 3.00. The Kier molecular flexibility index (Phi) is 3.98. The van der Waals surface area contributed by atoms with E-state index in [4.69, 9.17) is 16.0 Å². The van der Waals surface area contributed by atoms with Crippen LogP contribution in [-0.4, -0.2) is 19.7 Å². The van der Waals surface area contributed by atoms with Crippen LogP contribution in [0.5, 0.6) is 0 Å². The van der Waals surface area contributed by atoms with Gasteiger partial charge in [0, 0.05) is 24.3 Å². The second-order valence-corrected chi connectivity index (χ2v) is 5.82. The van der Waals surface area contributed by atoms with Crippen LogP contribution in [0.2, 0.25) is 5.02 Å². The number of thioether (sulfide) groups is 1. The number of nitrogens with zero attached hydrogens (tertiary/aromatic N) is 4. The molecule has 0 aliphatic heterocycles. The zero-order valence-corrected chi connectivity index (χ0v) is 13.1. The average Bonchev–Trinajstić information content (AvgIpc) is 3.08. The van der Waals surface area contributed by atoms with Crippen LogP contribution >= 0.6 is 23.4 Å². The number of hydrogen-bond acceptors (Lipinski definition) is 5. The number of hydrogen-bond donors (Lipinski definition) is 0. The lowest BCUT2D eigenvalue weighted by Gasteiger charge is -2.10. The van der Waals surface area contributed by atoms with Gasteiger partial charge < -0.3 is 4.42 Å². The van der Waals surface area contributed by atoms with E-state index in [-0.39, 0.29) is 0 Å². The molecule has 5 nitrogen and oxygen atoms in total. The van der Waals surface area contributed by atoms with E-state index in [1.54, 1.807) is 24.9 Å². The number of aromatic nitrogens is 4. The Hall–Kier alpha value is -1.79. The summed E-state index contributed by atoms with van der Waals surface area (Å²) in [5.41, 5.74) is 2.04. The molecule has 3 aromatic rings. The minimum Gasteiger partial charge on any atom is -0.425 e. The smallest absolute Gasteiger partial charge is 0.226 e. The first kappa shape index (κ1) is 14.2. The fraction of sp³-hybridized carbons (Fsp3) is 0.214. The van der Waals surface area contributed by atoms with Crippen LogP contribution in [0.3, 0.4) is 0 Å². The molecule has 0 aliphatic carbocycles. The maximum atomic E-state index is 6.18. The summed E-state index contributed by atoms with van der Waals surface area (Å²) >= 11 is 7.73. The van der Waals surface area contributed by atoms with Crippen molar-refractivity contribution in [2.45, 2.75) is 24.8 Å². The second kappa shape index (κ2) is 5.91. The maximum absolute atomic E-state index is 6.18. The third-order valence-corrected chi connectivity index (χ3v) is 4.36. The van der Waals surface area contributed by atoms with Gasteiger partial charge in [0.15, 0.2) is 5.16 Å². The highest BCUT2D eigenvalue weighted by Gasteiger charge is 2.11. The molecule has 0 amide bonds. The van der Waals surface area contributed by atoms with E-state index in [2.05, 4.69) is 15.2 Å². The lowest BCUT2D eigenvalue weighted by atomic mass is 10.2. The molecule has 0 aliphatic rings. The van der Waals surface area contributed by atoms with Gasteiger partial charge in [0.2, 0.25) is 11.8 Å². The van der Waals surface area contributed by atoms with Gasteiger partial charge in [-0.3, -0.25) is 4.57 Å². The van der Waals surface area contributed by atoms with E-state index in [9.17, 15) is 0 Å². The Balaban J connectivity index is 1.85. The summed E-state index contributed by atoms with van der Waals surface area (Å²) in [6.45, 7) is 3.77. The molecule has 108 valence electrons. The zero-order chi connectivity index (χ0) is 14.8. The van der Waals surface area contributed by atoms with Crippen molar-refractivity contribution >= 4 is 23.4 Å². The first-order valence-electron chi connectivity index (χ1n) is 6.36. The minimum atomic E-state index is 0.569. The van der Waals surface area contributed by atoms with Crippen LogP contribution in [0.15, 0.2) is 40.2 Å². The predicted molar refractivity (Wildman–Crippen MR) is 81.9 cm³/mol. The predicted octanol–water partition coefficient (Wildman–Crippen LogP) is 3.82. The molecule has 0 saturated carbocycles. The number of benzene rings is 1. The van der Waals surface area contributed by atoms with Crippen molar-refractivity contribution in [1.82, 2.24) is 19.7 Å². The van der Waals surface area contributed by atoms with Crippen molar-refractivity contribution in [3.63, 3.8) is 0 Å². The number of rotatable bonds is 4. The molecule has 0 bridgehead atoms. The van der Waals surface area contributed by atoms with E-state index >= 15 is 0 Å². The molecule has 21 heavy (non-hydrogen) atoms. The molecular formula is C14H13ClN4OS. The quantitative estimate of drug-likeness (QED) is 0.684. The van der Waals surface area contributed by atoms with Gasteiger partial charge in [-0.2, -0.15) is 0 Å². The van der Waals surface area contributed by atoms with Gasteiger partial charge >= 0.3 is 0 Å². The highest BCUT2D eigenvalue weighted by atomic mass is 35.5. The van der Waals surface area contributed by atoms with E-state index in [1.807, 2.05) is 35.9 Å². The van der Waals surface area contributed by atoms with Crippen LogP contribution in [-0.2, 0) is 5.75 Å². The van der Waals surface area contributed by atoms with Gasteiger partial charge in [0.25, 0.3) is 0 Å². The second-order valence-electron chi connectivity index (χ2n) is 4.47. The maximum Gasteiger partial charge on any atom is 0.226 e. The topological polar surface area (TPSA) is 56.7 Å². The lowest BCUT2D eigenvalue weighted by Crippen LogP contribution is -1.98. The summed E-state index contributed by atoms with van der Waals surface area (Å²) in [7, 11) is 0. The zero-order valence-electron chi connectivity index (χ0n) is 11.6. The van der Waals surface area contributed by atoms with Crippen molar-refractivity contribution in [3.05, 3.63) is 53.0 Å². The molecule has 0 saturated heterocycles. The van der Waals surface area contributed by atoms with Crippen molar-refractivity contribution in [3.8, 4) is 5.69 Å². The Labute approximate surface area is 131 Å². The fourth-order valence-electron chi connectivity index (χ4n) is 1.96. The lowest BCUT2D eigenvalue weighted by molar-refractivity contribution is 0.485. The molecule has 1 aromatic carbocycles. The molecule has 0 unspecified atom stereocenters. The summed E-state index contributed by atoms with van der Waals surface area (Å²) in [6.07, 6.45) is 3.68. The average molecular weight is 321 g/mol. The molecule has 0 N–H and O–H groups in total. The van der Waals surface area contributed by atoms with Crippen molar-refractivity contribution in [1.29, 1.82) is 0 Å². The van der Waals surface area contributed by atoms with Gasteiger partial charge in [0.1, 0.15) is 0 Å². The van der Waals surface area contributed by atoms with Crippen molar-refractivity contribution < 1.29 is 4.42 Å². The SMILES string of the molecule is Cc1nnc(CSc2nccn2-c2cccc(Cl)c2C)o1. The monoisotopic (exact) mass is 320 g/mol. The first-order valence-corrected chi connectivity index (χ1v) is 7.72. The molecule has 2 aromatic heterocycles. The van der Waals surface area contributed by atoms with Crippen LogP contribution in [0.4, 0.5) is 0 Å². The molecule has 0 radical (unpaired) electrons. The minimum absolute atomic E-state index is 0.569. The molecule has 0 atom stereocenters. The first-order chi connectivity index (χ1) is 10.1. The third kappa shape index (κ3) is 2.96. The number of imidazole rings is 1. The molecule has 0 fully saturated rings. The molecule has 7 heteroatoms. The van der Waals surface area contributed by atoms with E-state index in [1.165, 1.54) is 0 Å². The summed E-state index contributed by atoms with van der Waals surface area (Å²) in [5, 5.41) is 9.40. The van der Waals surface area contributed by atoms with Gasteiger partial charge in [-0.1, -0.05) is 29.4 Å². The van der Waals surface area contributed by atoms with E-state index in [0.717, 1.165) is 21.4 Å². The highest BCUT2D eigenvalue weighted by molar-refractivity contribution is 7.98. The Morgan fingerprint density at radius 2 is 2.14 bits per heavy atom. The van der Waals surface area contributed by atoms with E-state index in [0.29, 0.717) is 17.5 Å². The van der Waals surface area contributed by atoms with Crippen LogP contribution in [0.1, 0.15) is 17.3 Å².